The van der Waals surface area contributed by atoms with Gasteiger partial charge in [-0.15, -0.1) is 11.8 Å². The second-order valence-corrected chi connectivity index (χ2v) is 8.96. The van der Waals surface area contributed by atoms with E-state index in [1.165, 1.54) is 0 Å². The van der Waals surface area contributed by atoms with Gasteiger partial charge < -0.3 is 4.52 Å². The van der Waals surface area contributed by atoms with Gasteiger partial charge in [-0.25, -0.2) is 4.57 Å². The van der Waals surface area contributed by atoms with E-state index in [9.17, 15) is 15.1 Å². The third kappa shape index (κ3) is 4.23. The van der Waals surface area contributed by atoms with Crippen molar-refractivity contribution in [3.8, 4) is 12.1 Å². The monoisotopic (exact) mass is 384 g/mol. The third-order valence-electron chi connectivity index (χ3n) is 4.56. The Hall–Kier alpha value is -0.980. The van der Waals surface area contributed by atoms with Gasteiger partial charge in [0.05, 0.1) is 42.4 Å². The first-order valence-electron chi connectivity index (χ1n) is 8.77. The molecule has 0 saturated heterocycles. The fourth-order valence-electron chi connectivity index (χ4n) is 3.67. The molecular weight excluding hydrogens is 359 g/mol. The van der Waals surface area contributed by atoms with Crippen LogP contribution in [0.3, 0.4) is 0 Å². The van der Waals surface area contributed by atoms with Gasteiger partial charge in [-0.2, -0.15) is 10.5 Å². The van der Waals surface area contributed by atoms with Crippen LogP contribution in [0.5, 0.6) is 0 Å². The molecule has 0 spiro atoms. The fraction of sp³-hybridized carbons (Fsp3) is 0.765. The van der Waals surface area contributed by atoms with Crippen molar-refractivity contribution < 1.29 is 18.1 Å². The van der Waals surface area contributed by atoms with Crippen molar-refractivity contribution in [2.24, 2.45) is 17.8 Å². The first kappa shape index (κ1) is 20.3. The lowest BCUT2D eigenvalue weighted by molar-refractivity contribution is 0.136. The molecule has 0 aromatic rings. The molecule has 138 valence electrons. The van der Waals surface area contributed by atoms with E-state index in [0.717, 1.165) is 30.6 Å². The van der Waals surface area contributed by atoms with Crippen molar-refractivity contribution >= 4 is 19.6 Å². The van der Waals surface area contributed by atoms with Crippen molar-refractivity contribution in [1.29, 1.82) is 10.5 Å². The number of hydrogen-bond donors (Lipinski definition) is 0. The first-order valence-corrected chi connectivity index (χ1v) is 11.3. The molecule has 1 saturated carbocycles. The summed E-state index contributed by atoms with van der Waals surface area (Å²) in [5.74, 6) is 0.470. The van der Waals surface area contributed by atoms with Crippen molar-refractivity contribution in [1.82, 2.24) is 0 Å². The van der Waals surface area contributed by atoms with E-state index in [1.807, 2.05) is 6.92 Å². The molecule has 0 N–H and O–H groups in total. The fourth-order valence-corrected chi connectivity index (χ4v) is 6.18. The van der Waals surface area contributed by atoms with E-state index in [4.69, 9.17) is 13.6 Å². The van der Waals surface area contributed by atoms with Crippen molar-refractivity contribution in [3.63, 3.8) is 0 Å². The van der Waals surface area contributed by atoms with Gasteiger partial charge in [-0.05, 0) is 44.4 Å². The summed E-state index contributed by atoms with van der Waals surface area (Å²) in [6.07, 6.45) is 2.60. The SMILES string of the molecule is CCOP(=O)(OCC)OC1=C2CCC[C@@H]2[C@@H](C#N)[C@H](C#N)[C@@H]1SCC. The predicted octanol–water partition coefficient (Wildman–Crippen LogP) is 4.65. The van der Waals surface area contributed by atoms with E-state index in [1.54, 1.807) is 25.6 Å². The number of hydrogen-bond acceptors (Lipinski definition) is 7. The zero-order chi connectivity index (χ0) is 18.4. The highest BCUT2D eigenvalue weighted by atomic mass is 32.2. The molecule has 0 aromatic heterocycles. The van der Waals surface area contributed by atoms with E-state index in [-0.39, 0.29) is 30.3 Å². The molecule has 0 radical (unpaired) electrons. The molecule has 2 aliphatic carbocycles. The minimum absolute atomic E-state index is 0.00457. The number of fused-ring (bicyclic) bond motifs is 1. The van der Waals surface area contributed by atoms with Crippen molar-refractivity contribution in [3.05, 3.63) is 11.3 Å². The Bertz CT molecular complexity index is 630. The van der Waals surface area contributed by atoms with Gasteiger partial charge in [-0.3, -0.25) is 9.05 Å². The average molecular weight is 384 g/mol. The molecule has 2 rings (SSSR count). The molecule has 8 heteroatoms. The number of thioether (sulfide) groups is 1. The third-order valence-corrected chi connectivity index (χ3v) is 7.33. The van der Waals surface area contributed by atoms with E-state index >= 15 is 0 Å². The molecule has 2 aliphatic rings. The lowest BCUT2D eigenvalue weighted by atomic mass is 9.73. The van der Waals surface area contributed by atoms with Crippen LogP contribution in [0.4, 0.5) is 0 Å². The predicted molar refractivity (Wildman–Crippen MR) is 96.4 cm³/mol. The van der Waals surface area contributed by atoms with Gasteiger partial charge in [0.25, 0.3) is 0 Å². The van der Waals surface area contributed by atoms with Gasteiger partial charge in [0.1, 0.15) is 5.76 Å². The second kappa shape index (κ2) is 9.10. The number of phosphoric ester groups is 1. The average Bonchev–Trinajstić information content (AvgIpc) is 3.06. The number of allylic oxidation sites excluding steroid dienone is 1. The van der Waals surface area contributed by atoms with Crippen LogP contribution >= 0.6 is 19.6 Å². The number of nitriles is 2. The molecule has 1 fully saturated rings. The van der Waals surface area contributed by atoms with Crippen LogP contribution in [0.15, 0.2) is 11.3 Å². The topological polar surface area (TPSA) is 92.3 Å². The molecule has 0 unspecified atom stereocenters. The Morgan fingerprint density at radius 3 is 2.32 bits per heavy atom. The van der Waals surface area contributed by atoms with E-state index < -0.39 is 13.7 Å². The zero-order valence-corrected chi connectivity index (χ0v) is 16.6. The first-order chi connectivity index (χ1) is 12.0. The summed E-state index contributed by atoms with van der Waals surface area (Å²) >= 11 is 1.55. The van der Waals surface area contributed by atoms with Gasteiger partial charge in [0.2, 0.25) is 0 Å². The molecule has 0 amide bonds. The molecule has 0 bridgehead atoms. The highest BCUT2D eigenvalue weighted by molar-refractivity contribution is 8.00. The van der Waals surface area contributed by atoms with Gasteiger partial charge in [0.15, 0.2) is 0 Å². The maximum Gasteiger partial charge on any atom is 0.529 e. The minimum atomic E-state index is -3.73. The number of nitrogens with zero attached hydrogens (tertiary/aromatic N) is 2. The summed E-state index contributed by atoms with van der Waals surface area (Å²) in [5.41, 5.74) is 1.02. The molecule has 0 aliphatic heterocycles. The van der Waals surface area contributed by atoms with Gasteiger partial charge in [-0.1, -0.05) is 6.92 Å². The van der Waals surface area contributed by atoms with E-state index in [0.29, 0.717) is 5.76 Å². The smallest absolute Gasteiger partial charge is 0.407 e. The summed E-state index contributed by atoms with van der Waals surface area (Å²) in [5, 5.41) is 19.0. The van der Waals surface area contributed by atoms with Gasteiger partial charge in [0, 0.05) is 5.92 Å². The van der Waals surface area contributed by atoms with E-state index in [2.05, 4.69) is 12.1 Å². The highest BCUT2D eigenvalue weighted by Gasteiger charge is 2.49. The Balaban J connectivity index is 2.48. The Morgan fingerprint density at radius 2 is 1.80 bits per heavy atom. The standard InChI is InChI=1S/C17H25N2O4PS/c1-4-21-24(20,22-5-2)23-16-13-9-7-8-12(13)14(10-18)15(11-19)17(16)25-6-3/h12,14-15,17H,4-9H2,1-3H3/t12-,14+,15-,17-/m0/s1. The zero-order valence-electron chi connectivity index (χ0n) is 14.9. The van der Waals surface area contributed by atoms with Crippen LogP contribution < -0.4 is 0 Å². The summed E-state index contributed by atoms with van der Waals surface area (Å²) in [6, 6.07) is 4.64. The molecule has 6 nitrogen and oxygen atoms in total. The molecule has 0 aromatic carbocycles. The summed E-state index contributed by atoms with van der Waals surface area (Å²) in [7, 11) is -3.73. The Morgan fingerprint density at radius 1 is 1.16 bits per heavy atom. The van der Waals surface area contributed by atoms with Crippen LogP contribution in [-0.4, -0.2) is 24.2 Å². The number of phosphoric acid groups is 1. The van der Waals surface area contributed by atoms with Crippen LogP contribution in [0.1, 0.15) is 40.0 Å². The van der Waals surface area contributed by atoms with Crippen molar-refractivity contribution in [2.75, 3.05) is 19.0 Å². The lowest BCUT2D eigenvalue weighted by Gasteiger charge is -2.37. The largest absolute Gasteiger partial charge is 0.529 e. The minimum Gasteiger partial charge on any atom is -0.407 e. The molecular formula is C17H25N2O4PS. The molecule has 0 heterocycles. The van der Waals surface area contributed by atoms with Crippen LogP contribution in [0, 0.1) is 40.4 Å². The molecule has 4 atom stereocenters. The van der Waals surface area contributed by atoms with Gasteiger partial charge >= 0.3 is 7.82 Å². The van der Waals surface area contributed by atoms with Crippen LogP contribution in [-0.2, 0) is 18.1 Å². The summed E-state index contributed by atoms with van der Waals surface area (Å²) in [4.78, 5) is 0. The normalized spacial score (nSPS) is 29.0. The number of rotatable bonds is 8. The lowest BCUT2D eigenvalue weighted by Crippen LogP contribution is -2.36. The summed E-state index contributed by atoms with van der Waals surface area (Å²) in [6.45, 7) is 5.87. The summed E-state index contributed by atoms with van der Waals surface area (Å²) < 4.78 is 29.4. The second-order valence-electron chi connectivity index (χ2n) is 5.95. The van der Waals surface area contributed by atoms with Crippen LogP contribution in [0.2, 0.25) is 0 Å². The quantitative estimate of drug-likeness (QED) is 0.562. The maximum atomic E-state index is 12.9. The Kier molecular flexibility index (Phi) is 7.40. The van der Waals surface area contributed by atoms with Crippen molar-refractivity contribution in [2.45, 2.75) is 45.3 Å². The highest BCUT2D eigenvalue weighted by Crippen LogP contribution is 2.58. The molecule has 25 heavy (non-hydrogen) atoms. The Labute approximate surface area is 154 Å². The maximum absolute atomic E-state index is 12.9. The van der Waals surface area contributed by atoms with Crippen LogP contribution in [0.25, 0.3) is 0 Å².